The Morgan fingerprint density at radius 3 is 2.44 bits per heavy atom. The summed E-state index contributed by atoms with van der Waals surface area (Å²) in [6.07, 6.45) is -0.0235. The molecule has 0 aromatic carbocycles. The predicted octanol–water partition coefficient (Wildman–Crippen LogP) is 0.615. The van der Waals surface area contributed by atoms with Crippen LogP contribution in [-0.4, -0.2) is 34.8 Å². The van der Waals surface area contributed by atoms with Crippen molar-refractivity contribution in [1.29, 1.82) is 5.26 Å². The number of amides is 3. The number of carbonyl (C=O) groups is 3. The van der Waals surface area contributed by atoms with Gasteiger partial charge in [-0.1, -0.05) is 13.8 Å². The van der Waals surface area contributed by atoms with E-state index < -0.39 is 11.8 Å². The van der Waals surface area contributed by atoms with Crippen LogP contribution in [0.15, 0.2) is 11.1 Å². The molecule has 0 aliphatic carbocycles. The van der Waals surface area contributed by atoms with Crippen molar-refractivity contribution in [2.75, 3.05) is 7.05 Å². The fourth-order valence-electron chi connectivity index (χ4n) is 1.71. The molecule has 0 aromatic rings. The van der Waals surface area contributed by atoms with Crippen molar-refractivity contribution in [3.63, 3.8) is 0 Å². The summed E-state index contributed by atoms with van der Waals surface area (Å²) < 4.78 is 0. The van der Waals surface area contributed by atoms with Crippen molar-refractivity contribution >= 4 is 17.7 Å². The van der Waals surface area contributed by atoms with E-state index in [1.54, 1.807) is 26.8 Å². The number of imide groups is 1. The first-order valence-corrected chi connectivity index (χ1v) is 5.55. The van der Waals surface area contributed by atoms with E-state index in [1.807, 2.05) is 0 Å². The molecule has 0 radical (unpaired) electrons. The summed E-state index contributed by atoms with van der Waals surface area (Å²) in [7, 11) is 1.35. The lowest BCUT2D eigenvalue weighted by atomic mass is 10.0. The first-order valence-electron chi connectivity index (χ1n) is 5.55. The Kier molecular flexibility index (Phi) is 3.86. The average Bonchev–Trinajstić information content (AvgIpc) is 2.27. The molecule has 6 heteroatoms. The minimum atomic E-state index is -0.734. The smallest absolute Gasteiger partial charge is 0.273 e. The molecule has 0 N–H and O–H groups in total. The van der Waals surface area contributed by atoms with Crippen LogP contribution >= 0.6 is 0 Å². The van der Waals surface area contributed by atoms with E-state index in [1.165, 1.54) is 7.05 Å². The van der Waals surface area contributed by atoms with E-state index in [0.717, 1.165) is 10.0 Å². The van der Waals surface area contributed by atoms with Gasteiger partial charge in [-0.15, -0.1) is 0 Å². The quantitative estimate of drug-likeness (QED) is 0.671. The van der Waals surface area contributed by atoms with Gasteiger partial charge in [0.2, 0.25) is 5.91 Å². The zero-order chi connectivity index (χ0) is 14.0. The summed E-state index contributed by atoms with van der Waals surface area (Å²) in [4.78, 5) is 35.6. The fourth-order valence-corrected chi connectivity index (χ4v) is 1.71. The van der Waals surface area contributed by atoms with Gasteiger partial charge in [-0.2, -0.15) is 10.3 Å². The molecule has 0 atom stereocenters. The highest BCUT2D eigenvalue weighted by atomic mass is 16.2. The van der Waals surface area contributed by atoms with E-state index >= 15 is 0 Å². The number of nitrogens with zero attached hydrogens (tertiary/aromatic N) is 3. The topological polar surface area (TPSA) is 81.5 Å². The molecular formula is C12H15N3O3. The van der Waals surface area contributed by atoms with Crippen molar-refractivity contribution in [3.05, 3.63) is 11.1 Å². The van der Waals surface area contributed by atoms with Gasteiger partial charge >= 0.3 is 0 Å². The summed E-state index contributed by atoms with van der Waals surface area (Å²) in [5.74, 6) is -1.92. The maximum absolute atomic E-state index is 12.0. The molecule has 0 unspecified atom stereocenters. The van der Waals surface area contributed by atoms with Gasteiger partial charge in [0.1, 0.15) is 11.6 Å². The van der Waals surface area contributed by atoms with Crippen LogP contribution in [0.4, 0.5) is 0 Å². The minimum Gasteiger partial charge on any atom is -0.273 e. The Hall–Kier alpha value is -2.16. The Bertz CT molecular complexity index is 485. The molecule has 0 bridgehead atoms. The minimum absolute atomic E-state index is 0.0235. The van der Waals surface area contributed by atoms with Gasteiger partial charge in [-0.25, -0.2) is 5.01 Å². The monoisotopic (exact) mass is 249 g/mol. The maximum atomic E-state index is 12.0. The Morgan fingerprint density at radius 2 is 2.00 bits per heavy atom. The number of hydrazine groups is 1. The summed E-state index contributed by atoms with van der Waals surface area (Å²) in [5, 5.41) is 10.6. The third-order valence-corrected chi connectivity index (χ3v) is 2.71. The second-order valence-electron chi connectivity index (χ2n) is 4.47. The molecular weight excluding hydrogens is 234 g/mol. The largest absolute Gasteiger partial charge is 0.290 e. The lowest BCUT2D eigenvalue weighted by molar-refractivity contribution is -0.170. The lowest BCUT2D eigenvalue weighted by Gasteiger charge is -2.33. The molecule has 96 valence electrons. The molecule has 1 aliphatic heterocycles. The van der Waals surface area contributed by atoms with Crippen LogP contribution in [0.3, 0.4) is 0 Å². The lowest BCUT2D eigenvalue weighted by Crippen LogP contribution is -2.54. The predicted molar refractivity (Wildman–Crippen MR) is 62.4 cm³/mol. The molecule has 1 heterocycles. The van der Waals surface area contributed by atoms with E-state index in [0.29, 0.717) is 5.57 Å². The van der Waals surface area contributed by atoms with E-state index in [2.05, 4.69) is 0 Å². The standard InChI is InChI=1S/C12H15N3O3/c1-7(2)11(17)14(4)15-10(16)5-8(3)9(6-13)12(15)18/h7H,5H2,1-4H3. The molecule has 1 rings (SSSR count). The summed E-state index contributed by atoms with van der Waals surface area (Å²) in [6.45, 7) is 4.91. The van der Waals surface area contributed by atoms with Gasteiger partial charge in [0.25, 0.3) is 11.8 Å². The highest BCUT2D eigenvalue weighted by molar-refractivity contribution is 6.11. The summed E-state index contributed by atoms with van der Waals surface area (Å²) in [5.41, 5.74) is 0.368. The average molecular weight is 249 g/mol. The second kappa shape index (κ2) is 5.00. The molecule has 18 heavy (non-hydrogen) atoms. The van der Waals surface area contributed by atoms with Crippen LogP contribution in [0.1, 0.15) is 27.2 Å². The highest BCUT2D eigenvalue weighted by Crippen LogP contribution is 2.21. The van der Waals surface area contributed by atoms with E-state index in [-0.39, 0.29) is 23.8 Å². The normalized spacial score (nSPS) is 16.1. The van der Waals surface area contributed by atoms with Crippen molar-refractivity contribution in [2.45, 2.75) is 27.2 Å². The van der Waals surface area contributed by atoms with Crippen LogP contribution in [0.25, 0.3) is 0 Å². The molecule has 0 saturated carbocycles. The Balaban J connectivity index is 3.12. The van der Waals surface area contributed by atoms with Crippen LogP contribution in [0.5, 0.6) is 0 Å². The van der Waals surface area contributed by atoms with Gasteiger partial charge < -0.3 is 0 Å². The molecule has 6 nitrogen and oxygen atoms in total. The van der Waals surface area contributed by atoms with E-state index in [9.17, 15) is 14.4 Å². The Morgan fingerprint density at radius 1 is 1.44 bits per heavy atom. The van der Waals surface area contributed by atoms with Crippen LogP contribution in [0, 0.1) is 17.2 Å². The van der Waals surface area contributed by atoms with Crippen LogP contribution in [0.2, 0.25) is 0 Å². The van der Waals surface area contributed by atoms with Crippen molar-refractivity contribution in [2.24, 2.45) is 5.92 Å². The molecule has 0 saturated heterocycles. The van der Waals surface area contributed by atoms with E-state index in [4.69, 9.17) is 5.26 Å². The molecule has 0 aromatic heterocycles. The third kappa shape index (κ3) is 2.25. The molecule has 3 amide bonds. The Labute approximate surface area is 105 Å². The first kappa shape index (κ1) is 13.9. The zero-order valence-electron chi connectivity index (χ0n) is 10.9. The SMILES string of the molecule is CC1=C(C#N)C(=O)N(N(C)C(=O)C(C)C)C(=O)C1. The number of carbonyl (C=O) groups excluding carboxylic acids is 3. The third-order valence-electron chi connectivity index (χ3n) is 2.71. The second-order valence-corrected chi connectivity index (χ2v) is 4.47. The zero-order valence-corrected chi connectivity index (χ0v) is 10.9. The fraction of sp³-hybridized carbons (Fsp3) is 0.500. The summed E-state index contributed by atoms with van der Waals surface area (Å²) in [6, 6.07) is 1.78. The summed E-state index contributed by atoms with van der Waals surface area (Å²) >= 11 is 0. The van der Waals surface area contributed by atoms with Crippen LogP contribution in [-0.2, 0) is 14.4 Å². The van der Waals surface area contributed by atoms with Gasteiger partial charge in [0.15, 0.2) is 0 Å². The number of rotatable bonds is 2. The molecule has 0 spiro atoms. The maximum Gasteiger partial charge on any atom is 0.290 e. The number of hydrogen-bond acceptors (Lipinski definition) is 4. The number of hydrogen-bond donors (Lipinski definition) is 0. The van der Waals surface area contributed by atoms with Gasteiger partial charge in [-0.05, 0) is 12.5 Å². The van der Waals surface area contributed by atoms with Crippen molar-refractivity contribution < 1.29 is 14.4 Å². The van der Waals surface area contributed by atoms with Crippen LogP contribution < -0.4 is 0 Å². The van der Waals surface area contributed by atoms with Gasteiger partial charge in [-0.3, -0.25) is 14.4 Å². The van der Waals surface area contributed by atoms with Gasteiger partial charge in [0.05, 0.1) is 6.42 Å². The highest BCUT2D eigenvalue weighted by Gasteiger charge is 2.36. The van der Waals surface area contributed by atoms with Crippen molar-refractivity contribution in [1.82, 2.24) is 10.0 Å². The van der Waals surface area contributed by atoms with Crippen molar-refractivity contribution in [3.8, 4) is 6.07 Å². The number of nitriles is 1. The molecule has 1 aliphatic rings. The molecule has 0 fully saturated rings. The first-order chi connectivity index (χ1) is 8.31. The van der Waals surface area contributed by atoms with Gasteiger partial charge in [0, 0.05) is 13.0 Å².